The van der Waals surface area contributed by atoms with Gasteiger partial charge in [-0.1, -0.05) is 23.4 Å². The quantitative estimate of drug-likeness (QED) is 0.611. The molecule has 0 saturated carbocycles. The maximum atomic E-state index is 5.92. The lowest BCUT2D eigenvalue weighted by atomic mass is 10.2. The van der Waals surface area contributed by atoms with Crippen molar-refractivity contribution < 1.29 is 8.94 Å². The first-order chi connectivity index (χ1) is 11.3. The number of rotatable bonds is 5. The van der Waals surface area contributed by atoms with Crippen molar-refractivity contribution in [2.45, 2.75) is 13.1 Å². The maximum absolute atomic E-state index is 5.92. The number of para-hydroxylation sites is 1. The van der Waals surface area contributed by atoms with Gasteiger partial charge in [-0.3, -0.25) is 10.00 Å². The average molecular weight is 308 g/mol. The summed E-state index contributed by atoms with van der Waals surface area (Å²) in [5.74, 6) is 0.800. The lowest BCUT2D eigenvalue weighted by Gasteiger charge is -2.14. The molecule has 0 fully saturated rings. The molecule has 23 heavy (non-hydrogen) atoms. The Hall–Kier alpha value is -2.86. The number of H-pyrrole nitrogens is 1. The van der Waals surface area contributed by atoms with Crippen molar-refractivity contribution in [3.05, 3.63) is 60.1 Å². The zero-order valence-electron chi connectivity index (χ0n) is 12.7. The molecule has 0 radical (unpaired) electrons. The van der Waals surface area contributed by atoms with Gasteiger partial charge in [-0.25, -0.2) is 0 Å². The average Bonchev–Trinajstić information content (AvgIpc) is 3.26. The Bertz CT molecular complexity index is 875. The van der Waals surface area contributed by atoms with Gasteiger partial charge in [0.1, 0.15) is 17.5 Å². The van der Waals surface area contributed by atoms with E-state index in [1.165, 1.54) is 0 Å². The normalized spacial score (nSPS) is 11.6. The van der Waals surface area contributed by atoms with Crippen LogP contribution in [0.1, 0.15) is 11.3 Å². The van der Waals surface area contributed by atoms with Gasteiger partial charge in [-0.15, -0.1) is 0 Å². The second-order valence-electron chi connectivity index (χ2n) is 5.58. The van der Waals surface area contributed by atoms with E-state index >= 15 is 0 Å². The van der Waals surface area contributed by atoms with Crippen molar-refractivity contribution in [1.29, 1.82) is 0 Å². The van der Waals surface area contributed by atoms with Crippen LogP contribution >= 0.6 is 0 Å². The van der Waals surface area contributed by atoms with Gasteiger partial charge in [0.05, 0.1) is 11.9 Å². The first kappa shape index (κ1) is 13.8. The second-order valence-corrected chi connectivity index (χ2v) is 5.58. The van der Waals surface area contributed by atoms with Crippen molar-refractivity contribution in [2.24, 2.45) is 0 Å². The number of fused-ring (bicyclic) bond motifs is 1. The Kier molecular flexibility index (Phi) is 3.44. The highest BCUT2D eigenvalue weighted by atomic mass is 16.5. The van der Waals surface area contributed by atoms with Crippen molar-refractivity contribution in [1.82, 2.24) is 20.3 Å². The van der Waals surface area contributed by atoms with E-state index < -0.39 is 0 Å². The minimum atomic E-state index is 0.710. The van der Waals surface area contributed by atoms with Gasteiger partial charge in [-0.05, 0) is 19.2 Å². The van der Waals surface area contributed by atoms with Crippen molar-refractivity contribution >= 4 is 11.0 Å². The predicted molar refractivity (Wildman–Crippen MR) is 85.5 cm³/mol. The topological polar surface area (TPSA) is 71.1 Å². The van der Waals surface area contributed by atoms with Crippen LogP contribution in [-0.4, -0.2) is 27.3 Å². The standard InChI is InChI=1S/C17H16N4O2/c1-21(11-14-6-7-22-20-14)10-13-9-18-19-17(13)16-8-12-4-2-3-5-15(12)23-16/h2-9H,10-11H2,1H3,(H,18,19). The van der Waals surface area contributed by atoms with Crippen LogP contribution in [0.5, 0.6) is 0 Å². The Balaban J connectivity index is 1.58. The molecule has 1 aromatic carbocycles. The summed E-state index contributed by atoms with van der Waals surface area (Å²) in [5, 5.41) is 12.2. The van der Waals surface area contributed by atoms with Gasteiger partial charge >= 0.3 is 0 Å². The molecule has 3 heterocycles. The van der Waals surface area contributed by atoms with Crippen molar-refractivity contribution in [3.8, 4) is 11.5 Å². The molecule has 4 rings (SSSR count). The molecule has 0 unspecified atom stereocenters. The monoisotopic (exact) mass is 308 g/mol. The SMILES string of the molecule is CN(Cc1ccon1)Cc1cn[nH]c1-c1cc2ccccc2o1. The molecule has 0 aliphatic rings. The molecule has 0 aliphatic carbocycles. The predicted octanol–water partition coefficient (Wildman–Crippen LogP) is 3.44. The fourth-order valence-electron chi connectivity index (χ4n) is 2.69. The number of nitrogens with one attached hydrogen (secondary N) is 1. The van der Waals surface area contributed by atoms with Crippen LogP contribution in [0.3, 0.4) is 0 Å². The number of aromatic nitrogens is 3. The maximum Gasteiger partial charge on any atom is 0.153 e. The molecule has 6 nitrogen and oxygen atoms in total. The highest BCUT2D eigenvalue weighted by Gasteiger charge is 2.14. The van der Waals surface area contributed by atoms with Crippen LogP contribution in [0.25, 0.3) is 22.4 Å². The fraction of sp³-hybridized carbons (Fsp3) is 0.176. The zero-order valence-corrected chi connectivity index (χ0v) is 12.7. The van der Waals surface area contributed by atoms with Crippen LogP contribution in [-0.2, 0) is 13.1 Å². The van der Waals surface area contributed by atoms with E-state index in [-0.39, 0.29) is 0 Å². The highest BCUT2D eigenvalue weighted by molar-refractivity contribution is 5.82. The van der Waals surface area contributed by atoms with Crippen LogP contribution in [0.4, 0.5) is 0 Å². The van der Waals surface area contributed by atoms with Crippen LogP contribution in [0.2, 0.25) is 0 Å². The Labute approximate surface area is 132 Å². The number of hydrogen-bond acceptors (Lipinski definition) is 5. The van der Waals surface area contributed by atoms with E-state index in [0.29, 0.717) is 6.54 Å². The molecular weight excluding hydrogens is 292 g/mol. The van der Waals surface area contributed by atoms with Crippen LogP contribution < -0.4 is 0 Å². The summed E-state index contributed by atoms with van der Waals surface area (Å²) in [4.78, 5) is 2.15. The van der Waals surface area contributed by atoms with Gasteiger partial charge in [0.25, 0.3) is 0 Å². The Morgan fingerprint density at radius 1 is 1.17 bits per heavy atom. The minimum Gasteiger partial charge on any atom is -0.454 e. The summed E-state index contributed by atoms with van der Waals surface area (Å²) in [6.45, 7) is 1.44. The smallest absolute Gasteiger partial charge is 0.153 e. The van der Waals surface area contributed by atoms with Crippen LogP contribution in [0.15, 0.2) is 57.8 Å². The molecule has 0 saturated heterocycles. The zero-order chi connectivity index (χ0) is 15.6. The molecular formula is C17H16N4O2. The number of benzene rings is 1. The van der Waals surface area contributed by atoms with Gasteiger partial charge < -0.3 is 8.94 Å². The first-order valence-electron chi connectivity index (χ1n) is 7.38. The summed E-state index contributed by atoms with van der Waals surface area (Å²) < 4.78 is 10.8. The molecule has 4 aromatic rings. The molecule has 0 bridgehead atoms. The van der Waals surface area contributed by atoms with E-state index in [4.69, 9.17) is 8.94 Å². The summed E-state index contributed by atoms with van der Waals surface area (Å²) in [7, 11) is 2.03. The molecule has 3 aromatic heterocycles. The van der Waals surface area contributed by atoms with E-state index in [9.17, 15) is 0 Å². The third kappa shape index (κ3) is 2.76. The summed E-state index contributed by atoms with van der Waals surface area (Å²) >= 11 is 0. The Morgan fingerprint density at radius 3 is 2.91 bits per heavy atom. The number of furan rings is 1. The van der Waals surface area contributed by atoms with Crippen molar-refractivity contribution in [3.63, 3.8) is 0 Å². The molecule has 0 atom stereocenters. The summed E-state index contributed by atoms with van der Waals surface area (Å²) in [6, 6.07) is 11.9. The third-order valence-electron chi connectivity index (χ3n) is 3.75. The molecule has 0 amide bonds. The van der Waals surface area contributed by atoms with E-state index in [2.05, 4.69) is 20.3 Å². The van der Waals surface area contributed by atoms with Gasteiger partial charge in [-0.2, -0.15) is 5.10 Å². The van der Waals surface area contributed by atoms with Gasteiger partial charge in [0.15, 0.2) is 5.76 Å². The van der Waals surface area contributed by atoms with Gasteiger partial charge in [0.2, 0.25) is 0 Å². The van der Waals surface area contributed by atoms with E-state index in [0.717, 1.165) is 40.2 Å². The molecule has 116 valence electrons. The summed E-state index contributed by atoms with van der Waals surface area (Å²) in [5.41, 5.74) is 3.77. The minimum absolute atomic E-state index is 0.710. The Morgan fingerprint density at radius 2 is 2.09 bits per heavy atom. The molecule has 6 heteroatoms. The number of nitrogens with zero attached hydrogens (tertiary/aromatic N) is 3. The number of aromatic amines is 1. The van der Waals surface area contributed by atoms with Gasteiger partial charge in [0, 0.05) is 30.1 Å². The molecule has 0 spiro atoms. The lowest BCUT2D eigenvalue weighted by molar-refractivity contribution is 0.304. The van der Waals surface area contributed by atoms with E-state index in [1.807, 2.05) is 49.6 Å². The highest BCUT2D eigenvalue weighted by Crippen LogP contribution is 2.29. The summed E-state index contributed by atoms with van der Waals surface area (Å²) in [6.07, 6.45) is 3.42. The third-order valence-corrected chi connectivity index (χ3v) is 3.75. The van der Waals surface area contributed by atoms with Crippen LogP contribution in [0, 0.1) is 0 Å². The first-order valence-corrected chi connectivity index (χ1v) is 7.38. The molecule has 0 aliphatic heterocycles. The second kappa shape index (κ2) is 5.73. The fourth-order valence-corrected chi connectivity index (χ4v) is 2.69. The number of hydrogen-bond donors (Lipinski definition) is 1. The molecule has 1 N–H and O–H groups in total. The van der Waals surface area contributed by atoms with Crippen molar-refractivity contribution in [2.75, 3.05) is 7.05 Å². The van der Waals surface area contributed by atoms with E-state index in [1.54, 1.807) is 6.26 Å². The largest absolute Gasteiger partial charge is 0.454 e. The lowest BCUT2D eigenvalue weighted by Crippen LogP contribution is -2.17.